The molecule has 0 radical (unpaired) electrons. The quantitative estimate of drug-likeness (QED) is 0.613. The maximum Gasteiger partial charge on any atom is 0.289 e. The van der Waals surface area contributed by atoms with Crippen molar-refractivity contribution in [2.75, 3.05) is 26.2 Å². The molecule has 0 atom stereocenters. The second-order valence-electron chi connectivity index (χ2n) is 7.03. The van der Waals surface area contributed by atoms with Crippen LogP contribution in [0.5, 0.6) is 5.75 Å². The standard InChI is InChI=1S/C22H21ClN2O5/c1-15-13-16(4-6-18(15)23)29-14-17-5-7-20(30-17)22(27)25-10-8-24(9-11-25)21(26)19-3-2-12-28-19/h2-7,12-13H,8-11,14H2,1H3. The average molecular weight is 429 g/mol. The first-order valence-electron chi connectivity index (χ1n) is 9.61. The Labute approximate surface area is 178 Å². The normalized spacial score (nSPS) is 14.1. The summed E-state index contributed by atoms with van der Waals surface area (Å²) in [5, 5.41) is 0.680. The van der Waals surface area contributed by atoms with Crippen LogP contribution >= 0.6 is 11.6 Å². The summed E-state index contributed by atoms with van der Waals surface area (Å²) in [6, 6.07) is 12.1. The second kappa shape index (κ2) is 8.67. The number of hydrogen-bond acceptors (Lipinski definition) is 5. The number of amides is 2. The molecule has 1 aliphatic heterocycles. The van der Waals surface area contributed by atoms with Crippen molar-refractivity contribution in [3.8, 4) is 5.75 Å². The van der Waals surface area contributed by atoms with Gasteiger partial charge in [-0.05, 0) is 55.0 Å². The Morgan fingerprint density at radius 2 is 1.70 bits per heavy atom. The highest BCUT2D eigenvalue weighted by Gasteiger charge is 2.27. The zero-order chi connectivity index (χ0) is 21.1. The van der Waals surface area contributed by atoms with Crippen molar-refractivity contribution >= 4 is 23.4 Å². The molecule has 0 N–H and O–H groups in total. The lowest BCUT2D eigenvalue weighted by Gasteiger charge is -2.33. The van der Waals surface area contributed by atoms with Gasteiger partial charge < -0.3 is 23.4 Å². The molecule has 30 heavy (non-hydrogen) atoms. The molecule has 8 heteroatoms. The lowest BCUT2D eigenvalue weighted by atomic mass is 10.2. The van der Waals surface area contributed by atoms with Crippen molar-refractivity contribution in [3.05, 3.63) is 76.6 Å². The molecule has 0 unspecified atom stereocenters. The average Bonchev–Trinajstić information content (AvgIpc) is 3.46. The van der Waals surface area contributed by atoms with E-state index < -0.39 is 0 Å². The van der Waals surface area contributed by atoms with Crippen LogP contribution in [-0.2, 0) is 6.61 Å². The molecule has 7 nitrogen and oxygen atoms in total. The Morgan fingerprint density at radius 3 is 2.33 bits per heavy atom. The van der Waals surface area contributed by atoms with Gasteiger partial charge in [0.15, 0.2) is 11.5 Å². The molecule has 0 aliphatic carbocycles. The van der Waals surface area contributed by atoms with E-state index in [2.05, 4.69) is 0 Å². The summed E-state index contributed by atoms with van der Waals surface area (Å²) in [4.78, 5) is 28.4. The van der Waals surface area contributed by atoms with E-state index >= 15 is 0 Å². The van der Waals surface area contributed by atoms with Crippen LogP contribution in [0.2, 0.25) is 5.02 Å². The van der Waals surface area contributed by atoms with Crippen molar-refractivity contribution in [3.63, 3.8) is 0 Å². The molecule has 1 aliphatic rings. The highest BCUT2D eigenvalue weighted by Crippen LogP contribution is 2.22. The Morgan fingerprint density at radius 1 is 1.00 bits per heavy atom. The summed E-state index contributed by atoms with van der Waals surface area (Å²) < 4.78 is 16.5. The van der Waals surface area contributed by atoms with Crippen molar-refractivity contribution in [1.82, 2.24) is 9.80 Å². The van der Waals surface area contributed by atoms with Gasteiger partial charge in [-0.15, -0.1) is 0 Å². The number of furan rings is 2. The fourth-order valence-electron chi connectivity index (χ4n) is 3.26. The largest absolute Gasteiger partial charge is 0.486 e. The Kier molecular flexibility index (Phi) is 5.81. The zero-order valence-corrected chi connectivity index (χ0v) is 17.2. The molecule has 1 saturated heterocycles. The molecular formula is C22H21ClN2O5. The summed E-state index contributed by atoms with van der Waals surface area (Å²) in [6.45, 7) is 3.86. The van der Waals surface area contributed by atoms with Crippen LogP contribution < -0.4 is 4.74 Å². The van der Waals surface area contributed by atoms with Gasteiger partial charge >= 0.3 is 0 Å². The molecule has 156 valence electrons. The van der Waals surface area contributed by atoms with E-state index in [0.29, 0.717) is 48.5 Å². The molecule has 1 fully saturated rings. The predicted octanol–water partition coefficient (Wildman–Crippen LogP) is 4.01. The third-order valence-electron chi connectivity index (χ3n) is 4.97. The number of nitrogens with zero attached hydrogens (tertiary/aromatic N) is 2. The first-order chi connectivity index (χ1) is 14.5. The molecular weight excluding hydrogens is 408 g/mol. The lowest BCUT2D eigenvalue weighted by molar-refractivity contribution is 0.0500. The maximum atomic E-state index is 12.7. The number of piperazine rings is 1. The molecule has 0 spiro atoms. The summed E-state index contributed by atoms with van der Waals surface area (Å²) in [5.41, 5.74) is 0.925. The number of halogens is 1. The predicted molar refractivity (Wildman–Crippen MR) is 110 cm³/mol. The molecule has 3 heterocycles. The van der Waals surface area contributed by atoms with Gasteiger partial charge in [-0.25, -0.2) is 0 Å². The Hall–Kier alpha value is -3.19. The zero-order valence-electron chi connectivity index (χ0n) is 16.5. The van der Waals surface area contributed by atoms with Crippen LogP contribution in [0.4, 0.5) is 0 Å². The third kappa shape index (κ3) is 4.36. The summed E-state index contributed by atoms with van der Waals surface area (Å²) in [6.07, 6.45) is 1.47. The lowest BCUT2D eigenvalue weighted by Crippen LogP contribution is -2.50. The fraction of sp³-hybridized carbons (Fsp3) is 0.273. The molecule has 2 amide bonds. The Balaban J connectivity index is 1.31. The monoisotopic (exact) mass is 428 g/mol. The van der Waals surface area contributed by atoms with Gasteiger partial charge in [-0.1, -0.05) is 11.6 Å². The van der Waals surface area contributed by atoms with Crippen LogP contribution in [0.15, 0.2) is 57.6 Å². The SMILES string of the molecule is Cc1cc(OCc2ccc(C(=O)N3CCN(C(=O)c4ccco4)CC3)o2)ccc1Cl. The van der Waals surface area contributed by atoms with E-state index in [1.54, 1.807) is 46.2 Å². The van der Waals surface area contributed by atoms with Gasteiger partial charge in [0.25, 0.3) is 11.8 Å². The first kappa shape index (κ1) is 20.1. The summed E-state index contributed by atoms with van der Waals surface area (Å²) in [5.74, 6) is 1.43. The molecule has 1 aromatic carbocycles. The van der Waals surface area contributed by atoms with E-state index in [-0.39, 0.29) is 24.2 Å². The number of aryl methyl sites for hydroxylation is 1. The van der Waals surface area contributed by atoms with Crippen LogP contribution in [-0.4, -0.2) is 47.8 Å². The van der Waals surface area contributed by atoms with E-state index in [1.807, 2.05) is 13.0 Å². The van der Waals surface area contributed by atoms with Gasteiger partial charge in [0, 0.05) is 31.2 Å². The minimum atomic E-state index is -0.200. The van der Waals surface area contributed by atoms with Crippen molar-refractivity contribution in [2.24, 2.45) is 0 Å². The van der Waals surface area contributed by atoms with Crippen LogP contribution in [0.25, 0.3) is 0 Å². The molecule has 4 rings (SSSR count). The van der Waals surface area contributed by atoms with Crippen molar-refractivity contribution in [2.45, 2.75) is 13.5 Å². The first-order valence-corrected chi connectivity index (χ1v) is 9.99. The topological polar surface area (TPSA) is 76.1 Å². The number of ether oxygens (including phenoxy) is 1. The van der Waals surface area contributed by atoms with Crippen molar-refractivity contribution in [1.29, 1.82) is 0 Å². The highest BCUT2D eigenvalue weighted by molar-refractivity contribution is 6.31. The minimum absolute atomic E-state index is 0.165. The van der Waals surface area contributed by atoms with Crippen LogP contribution in [0.1, 0.15) is 32.4 Å². The van der Waals surface area contributed by atoms with Gasteiger partial charge in [0.1, 0.15) is 18.1 Å². The van der Waals surface area contributed by atoms with Gasteiger partial charge in [0.2, 0.25) is 0 Å². The second-order valence-corrected chi connectivity index (χ2v) is 7.43. The van der Waals surface area contributed by atoms with E-state index in [4.69, 9.17) is 25.2 Å². The Bertz CT molecular complexity index is 1040. The minimum Gasteiger partial charge on any atom is -0.486 e. The van der Waals surface area contributed by atoms with E-state index in [9.17, 15) is 9.59 Å². The summed E-state index contributed by atoms with van der Waals surface area (Å²) in [7, 11) is 0. The van der Waals surface area contributed by atoms with Crippen LogP contribution in [0.3, 0.4) is 0 Å². The number of benzene rings is 1. The number of carbonyl (C=O) groups excluding carboxylic acids is 2. The number of carbonyl (C=O) groups is 2. The third-order valence-corrected chi connectivity index (χ3v) is 5.39. The molecule has 0 saturated carbocycles. The highest BCUT2D eigenvalue weighted by atomic mass is 35.5. The van der Waals surface area contributed by atoms with Crippen LogP contribution in [0, 0.1) is 6.92 Å². The molecule has 2 aromatic heterocycles. The number of rotatable bonds is 5. The summed E-state index contributed by atoms with van der Waals surface area (Å²) >= 11 is 6.02. The smallest absolute Gasteiger partial charge is 0.289 e. The van der Waals surface area contributed by atoms with Crippen molar-refractivity contribution < 1.29 is 23.2 Å². The van der Waals surface area contributed by atoms with Gasteiger partial charge in [0.05, 0.1) is 6.26 Å². The maximum absolute atomic E-state index is 12.7. The molecule has 3 aromatic rings. The van der Waals surface area contributed by atoms with Gasteiger partial charge in [-0.3, -0.25) is 9.59 Å². The fourth-order valence-corrected chi connectivity index (χ4v) is 3.37. The van der Waals surface area contributed by atoms with Gasteiger partial charge in [-0.2, -0.15) is 0 Å². The molecule has 0 bridgehead atoms. The number of hydrogen-bond donors (Lipinski definition) is 0. The van der Waals surface area contributed by atoms with E-state index in [0.717, 1.165) is 5.56 Å². The van der Waals surface area contributed by atoms with E-state index in [1.165, 1.54) is 6.26 Å².